The van der Waals surface area contributed by atoms with Gasteiger partial charge in [0, 0.05) is 23.3 Å². The molecule has 3 heterocycles. The summed E-state index contributed by atoms with van der Waals surface area (Å²) in [6.07, 6.45) is 4.95. The maximum absolute atomic E-state index is 13.4. The zero-order valence-electron chi connectivity index (χ0n) is 14.7. The second kappa shape index (κ2) is 7.33. The summed E-state index contributed by atoms with van der Waals surface area (Å²) in [6.45, 7) is 0.521. The van der Waals surface area contributed by atoms with Gasteiger partial charge in [-0.3, -0.25) is 4.79 Å². The fourth-order valence-corrected chi connectivity index (χ4v) is 4.67. The number of halogens is 1. The van der Waals surface area contributed by atoms with Gasteiger partial charge in [-0.15, -0.1) is 15.7 Å². The maximum Gasteiger partial charge on any atom is 0.262 e. The van der Waals surface area contributed by atoms with Crippen LogP contribution in [-0.4, -0.2) is 37.4 Å². The lowest BCUT2D eigenvalue weighted by Crippen LogP contribution is -2.43. The zero-order valence-corrected chi connectivity index (χ0v) is 16.3. The summed E-state index contributed by atoms with van der Waals surface area (Å²) in [5.74, 6) is -0.776. The standard InChI is InChI=1S/C19H16FN3O3S2/c20-14-5-7-15(8-6-14)23(13-16-3-2-11-27-16)19(24)17-4-1-9-22-10-12-28(25,26)21-18(17)22/h1-9,11H,10,12-13H2. The van der Waals surface area contributed by atoms with Crippen LogP contribution >= 0.6 is 11.3 Å². The number of carbonyl (C=O) groups excluding carboxylic acids is 1. The van der Waals surface area contributed by atoms with Crippen molar-refractivity contribution in [1.82, 2.24) is 4.90 Å². The number of sulfonamides is 1. The third kappa shape index (κ3) is 3.76. The fraction of sp³-hybridized carbons (Fsp3) is 0.158. The highest BCUT2D eigenvalue weighted by molar-refractivity contribution is 7.90. The molecule has 2 aliphatic heterocycles. The first-order valence-corrected chi connectivity index (χ1v) is 11.0. The van der Waals surface area contributed by atoms with Crippen molar-refractivity contribution in [1.29, 1.82) is 0 Å². The number of amidine groups is 1. The van der Waals surface area contributed by atoms with E-state index in [1.54, 1.807) is 23.3 Å². The van der Waals surface area contributed by atoms with Crippen molar-refractivity contribution in [3.8, 4) is 0 Å². The molecule has 0 radical (unpaired) electrons. The maximum atomic E-state index is 13.4. The Morgan fingerprint density at radius 2 is 2.04 bits per heavy atom. The number of allylic oxidation sites excluding steroid dienone is 2. The summed E-state index contributed by atoms with van der Waals surface area (Å²) >= 11 is 1.50. The second-order valence-electron chi connectivity index (χ2n) is 6.26. The summed E-state index contributed by atoms with van der Waals surface area (Å²) in [7, 11) is -3.61. The van der Waals surface area contributed by atoms with E-state index in [0.29, 0.717) is 5.69 Å². The minimum absolute atomic E-state index is 0.0980. The van der Waals surface area contributed by atoms with Gasteiger partial charge in [0.25, 0.3) is 15.9 Å². The topological polar surface area (TPSA) is 70.0 Å². The van der Waals surface area contributed by atoms with Gasteiger partial charge in [-0.25, -0.2) is 12.8 Å². The molecule has 0 N–H and O–H groups in total. The van der Waals surface area contributed by atoms with Gasteiger partial charge in [0.1, 0.15) is 5.82 Å². The second-order valence-corrected chi connectivity index (χ2v) is 9.05. The summed E-state index contributed by atoms with van der Waals surface area (Å²) < 4.78 is 41.1. The van der Waals surface area contributed by atoms with Gasteiger partial charge in [0.05, 0.1) is 17.9 Å². The van der Waals surface area contributed by atoms with Gasteiger partial charge in [-0.05, 0) is 47.9 Å². The SMILES string of the molecule is O=C(C1=CC=CN2CCS(=O)(=O)N=C12)N(Cc1cccs1)c1ccc(F)cc1. The minimum atomic E-state index is -3.61. The Labute approximate surface area is 166 Å². The molecule has 0 spiro atoms. The van der Waals surface area contributed by atoms with Crippen LogP contribution in [0.25, 0.3) is 0 Å². The highest BCUT2D eigenvalue weighted by Crippen LogP contribution is 2.25. The van der Waals surface area contributed by atoms with Crippen molar-refractivity contribution in [2.75, 3.05) is 17.2 Å². The molecule has 0 saturated heterocycles. The van der Waals surface area contributed by atoms with E-state index in [0.717, 1.165) is 4.88 Å². The molecule has 6 nitrogen and oxygen atoms in total. The Kier molecular flexibility index (Phi) is 4.86. The third-order valence-corrected chi connectivity index (χ3v) is 6.38. The molecule has 0 fully saturated rings. The molecular weight excluding hydrogens is 401 g/mol. The number of anilines is 1. The van der Waals surface area contributed by atoms with Gasteiger partial charge in [0.2, 0.25) is 0 Å². The van der Waals surface area contributed by atoms with Crippen LogP contribution in [0.2, 0.25) is 0 Å². The summed E-state index contributed by atoms with van der Waals surface area (Å²) in [5, 5.41) is 1.91. The van der Waals surface area contributed by atoms with Crippen molar-refractivity contribution >= 4 is 38.8 Å². The van der Waals surface area contributed by atoms with Crippen molar-refractivity contribution in [2.24, 2.45) is 4.40 Å². The third-order valence-electron chi connectivity index (χ3n) is 4.37. The number of rotatable bonds is 4. The lowest BCUT2D eigenvalue weighted by Gasteiger charge is -2.31. The number of benzene rings is 1. The predicted molar refractivity (Wildman–Crippen MR) is 107 cm³/mol. The van der Waals surface area contributed by atoms with E-state index >= 15 is 0 Å². The van der Waals surface area contributed by atoms with Crippen molar-refractivity contribution in [3.63, 3.8) is 0 Å². The number of hydrogen-bond acceptors (Lipinski definition) is 5. The van der Waals surface area contributed by atoms with Crippen LogP contribution in [0.1, 0.15) is 4.88 Å². The fourth-order valence-electron chi connectivity index (χ4n) is 2.99. The number of fused-ring (bicyclic) bond motifs is 1. The molecule has 0 unspecified atom stereocenters. The van der Waals surface area contributed by atoms with Gasteiger partial charge in [-0.2, -0.15) is 0 Å². The molecule has 1 aromatic carbocycles. The monoisotopic (exact) mass is 417 g/mol. The molecule has 0 bridgehead atoms. The molecule has 1 aromatic heterocycles. The highest BCUT2D eigenvalue weighted by Gasteiger charge is 2.32. The number of amides is 1. The molecule has 9 heteroatoms. The minimum Gasteiger partial charge on any atom is -0.331 e. The van der Waals surface area contributed by atoms with Crippen molar-refractivity contribution in [3.05, 3.63) is 76.4 Å². The average Bonchev–Trinajstić information content (AvgIpc) is 3.18. The Hall–Kier alpha value is -2.78. The molecular formula is C19H16FN3O3S2. The van der Waals surface area contributed by atoms with E-state index in [1.807, 2.05) is 17.5 Å². The van der Waals surface area contributed by atoms with Gasteiger partial charge < -0.3 is 9.80 Å². The number of nitrogens with zero attached hydrogens (tertiary/aromatic N) is 3. The average molecular weight is 417 g/mol. The van der Waals surface area contributed by atoms with Crippen LogP contribution in [-0.2, 0) is 21.4 Å². The molecule has 2 aromatic rings. The molecule has 4 rings (SSSR count). The lowest BCUT2D eigenvalue weighted by atomic mass is 10.1. The van der Waals surface area contributed by atoms with E-state index in [2.05, 4.69) is 4.40 Å². The van der Waals surface area contributed by atoms with E-state index in [4.69, 9.17) is 0 Å². The van der Waals surface area contributed by atoms with Gasteiger partial charge >= 0.3 is 0 Å². The largest absolute Gasteiger partial charge is 0.331 e. The first-order valence-electron chi connectivity index (χ1n) is 8.51. The Morgan fingerprint density at radius 3 is 2.75 bits per heavy atom. The summed E-state index contributed by atoms with van der Waals surface area (Å²) in [4.78, 5) is 17.5. The van der Waals surface area contributed by atoms with Crippen LogP contribution in [0.3, 0.4) is 0 Å². The molecule has 0 atom stereocenters. The van der Waals surface area contributed by atoms with Crippen molar-refractivity contribution in [2.45, 2.75) is 6.54 Å². The quantitative estimate of drug-likeness (QED) is 0.767. The lowest BCUT2D eigenvalue weighted by molar-refractivity contribution is -0.114. The molecule has 0 saturated carbocycles. The van der Waals surface area contributed by atoms with Crippen LogP contribution in [0.5, 0.6) is 0 Å². The smallest absolute Gasteiger partial charge is 0.262 e. The first-order chi connectivity index (χ1) is 13.4. The number of hydrogen-bond donors (Lipinski definition) is 0. The summed E-state index contributed by atoms with van der Waals surface area (Å²) in [6, 6.07) is 9.41. The molecule has 0 aliphatic carbocycles. The molecule has 1 amide bonds. The van der Waals surface area contributed by atoms with E-state index in [1.165, 1.54) is 40.5 Å². The van der Waals surface area contributed by atoms with E-state index in [9.17, 15) is 17.6 Å². The van der Waals surface area contributed by atoms with Gasteiger partial charge in [-0.1, -0.05) is 6.07 Å². The Morgan fingerprint density at radius 1 is 1.25 bits per heavy atom. The molecule has 28 heavy (non-hydrogen) atoms. The first kappa shape index (κ1) is 18.6. The zero-order chi connectivity index (χ0) is 19.7. The highest BCUT2D eigenvalue weighted by atomic mass is 32.2. The van der Waals surface area contributed by atoms with Crippen LogP contribution in [0.4, 0.5) is 10.1 Å². The summed E-state index contributed by atoms with van der Waals surface area (Å²) in [5.41, 5.74) is 0.702. The predicted octanol–water partition coefficient (Wildman–Crippen LogP) is 2.92. The van der Waals surface area contributed by atoms with Crippen LogP contribution in [0.15, 0.2) is 70.1 Å². The van der Waals surface area contributed by atoms with Gasteiger partial charge in [0.15, 0.2) is 5.84 Å². The molecule has 2 aliphatic rings. The van der Waals surface area contributed by atoms with Crippen molar-refractivity contribution < 1.29 is 17.6 Å². The molecule has 144 valence electrons. The van der Waals surface area contributed by atoms with E-state index < -0.39 is 21.7 Å². The van der Waals surface area contributed by atoms with Crippen LogP contribution in [0, 0.1) is 5.82 Å². The number of thiophene rings is 1. The Balaban J connectivity index is 1.74. The Bertz CT molecular complexity index is 1090. The number of carbonyl (C=O) groups is 1. The van der Waals surface area contributed by atoms with E-state index in [-0.39, 0.29) is 30.3 Å². The van der Waals surface area contributed by atoms with Crippen LogP contribution < -0.4 is 4.90 Å². The normalized spacial score (nSPS) is 17.5.